The van der Waals surface area contributed by atoms with Crippen LogP contribution < -0.4 is 19.3 Å². The maximum absolute atomic E-state index is 11.6. The fourth-order valence-corrected chi connectivity index (χ4v) is 8.95. The first-order valence-electron chi connectivity index (χ1n) is 17.8. The molecule has 4 aromatic rings. The number of methoxy groups -OCH3 is 2. The SMILES string of the molecule is COc1cc(C)cc2c(N3CCC(CCP(C)(=O)O)CC3)c(C#N)cnc12.COc1cccc2c(N3CCC(CCP(=O)(O)O)CC3)c(C#N)cnc12. The minimum absolute atomic E-state index is 0.0590. The maximum atomic E-state index is 11.6. The molecule has 2 fully saturated rings. The van der Waals surface area contributed by atoms with E-state index in [1.54, 1.807) is 26.6 Å². The van der Waals surface area contributed by atoms with Crippen molar-refractivity contribution in [1.29, 1.82) is 10.5 Å². The predicted octanol–water partition coefficient (Wildman–Crippen LogP) is 6.83. The summed E-state index contributed by atoms with van der Waals surface area (Å²) in [5.41, 5.74) is 5.45. The van der Waals surface area contributed by atoms with Crippen LogP contribution in [-0.4, -0.2) is 84.0 Å². The highest BCUT2D eigenvalue weighted by atomic mass is 31.2. The number of aryl methyl sites for hydroxylation is 1. The summed E-state index contributed by atoms with van der Waals surface area (Å²) in [6, 6.07) is 14.2. The summed E-state index contributed by atoms with van der Waals surface area (Å²) in [7, 11) is -3.65. The van der Waals surface area contributed by atoms with E-state index >= 15 is 0 Å². The largest absolute Gasteiger partial charge is 0.494 e. The number of hydrogen-bond acceptors (Lipinski definition) is 10. The zero-order chi connectivity index (χ0) is 38.3. The van der Waals surface area contributed by atoms with Crippen LogP contribution in [0.2, 0.25) is 0 Å². The number of fused-ring (bicyclic) bond motifs is 2. The Kier molecular flexibility index (Phi) is 13.0. The quantitative estimate of drug-likeness (QED) is 0.143. The van der Waals surface area contributed by atoms with Crippen molar-refractivity contribution in [3.05, 3.63) is 59.4 Å². The van der Waals surface area contributed by atoms with Crippen LogP contribution in [0, 0.1) is 41.4 Å². The van der Waals surface area contributed by atoms with Gasteiger partial charge in [-0.05, 0) is 81.0 Å². The molecule has 0 saturated carbocycles. The Labute approximate surface area is 310 Å². The van der Waals surface area contributed by atoms with Crippen molar-refractivity contribution in [1.82, 2.24) is 9.97 Å². The number of ether oxygens (including phenoxy) is 2. The summed E-state index contributed by atoms with van der Waals surface area (Å²) in [6.45, 7) is 6.59. The Bertz CT molecular complexity index is 2110. The van der Waals surface area contributed by atoms with Crippen molar-refractivity contribution in [3.8, 4) is 23.6 Å². The molecule has 0 spiro atoms. The molecule has 0 bridgehead atoms. The number of pyridine rings is 2. The van der Waals surface area contributed by atoms with Gasteiger partial charge in [0.25, 0.3) is 0 Å². The van der Waals surface area contributed by atoms with Gasteiger partial charge in [0.15, 0.2) is 7.37 Å². The van der Waals surface area contributed by atoms with Gasteiger partial charge in [-0.2, -0.15) is 10.5 Å². The first kappa shape index (κ1) is 40.0. The molecule has 4 heterocycles. The van der Waals surface area contributed by atoms with Gasteiger partial charge in [0, 0.05) is 62.2 Å². The summed E-state index contributed by atoms with van der Waals surface area (Å²) >= 11 is 0. The third-order valence-corrected chi connectivity index (χ3v) is 12.1. The van der Waals surface area contributed by atoms with Crippen molar-refractivity contribution in [2.45, 2.75) is 45.4 Å². The van der Waals surface area contributed by atoms with E-state index in [0.717, 1.165) is 97.0 Å². The summed E-state index contributed by atoms with van der Waals surface area (Å²) in [6.07, 6.45) is 8.46. The molecule has 53 heavy (non-hydrogen) atoms. The second-order valence-corrected chi connectivity index (χ2v) is 18.4. The Morgan fingerprint density at radius 1 is 0.774 bits per heavy atom. The van der Waals surface area contributed by atoms with E-state index in [9.17, 15) is 24.5 Å². The Hall–Kier alpha value is -4.22. The molecule has 15 heteroatoms. The summed E-state index contributed by atoms with van der Waals surface area (Å²) in [4.78, 5) is 40.9. The van der Waals surface area contributed by atoms with Gasteiger partial charge in [-0.25, -0.2) is 0 Å². The molecule has 2 aromatic heterocycles. The van der Waals surface area contributed by atoms with Gasteiger partial charge < -0.3 is 34.0 Å². The number of para-hydroxylation sites is 1. The second-order valence-electron chi connectivity index (χ2n) is 14.1. The van der Waals surface area contributed by atoms with E-state index in [1.807, 2.05) is 31.2 Å². The lowest BCUT2D eigenvalue weighted by atomic mass is 9.93. The molecular weight excluding hydrogens is 714 g/mol. The molecule has 0 amide bonds. The van der Waals surface area contributed by atoms with E-state index in [1.165, 1.54) is 6.66 Å². The number of nitrogens with zero attached hydrogens (tertiary/aromatic N) is 6. The molecule has 1 atom stereocenters. The van der Waals surface area contributed by atoms with Gasteiger partial charge >= 0.3 is 7.60 Å². The van der Waals surface area contributed by atoms with Crippen LogP contribution in [0.1, 0.15) is 55.2 Å². The van der Waals surface area contributed by atoms with Crippen LogP contribution >= 0.6 is 15.0 Å². The fraction of sp³-hybridized carbons (Fsp3) is 0.474. The van der Waals surface area contributed by atoms with Crippen LogP contribution in [0.5, 0.6) is 11.5 Å². The van der Waals surface area contributed by atoms with E-state index in [4.69, 9.17) is 19.3 Å². The highest BCUT2D eigenvalue weighted by molar-refractivity contribution is 7.57. The third-order valence-electron chi connectivity index (χ3n) is 10.2. The van der Waals surface area contributed by atoms with Gasteiger partial charge in [-0.3, -0.25) is 19.1 Å². The van der Waals surface area contributed by atoms with Crippen LogP contribution in [0.15, 0.2) is 42.7 Å². The number of piperidine rings is 2. The van der Waals surface area contributed by atoms with Crippen LogP contribution in [-0.2, 0) is 9.13 Å². The summed E-state index contributed by atoms with van der Waals surface area (Å²) < 4.78 is 33.5. The molecule has 1 unspecified atom stereocenters. The van der Waals surface area contributed by atoms with E-state index in [2.05, 4.69) is 38.0 Å². The lowest BCUT2D eigenvalue weighted by molar-refractivity contribution is 0.350. The molecule has 2 aliphatic heterocycles. The predicted molar refractivity (Wildman–Crippen MR) is 207 cm³/mol. The topological polar surface area (TPSA) is 193 Å². The molecule has 13 nitrogen and oxygen atoms in total. The van der Waals surface area contributed by atoms with Crippen LogP contribution in [0.4, 0.5) is 11.4 Å². The molecular formula is C38H48N6O7P2. The summed E-state index contributed by atoms with van der Waals surface area (Å²) in [5, 5.41) is 21.0. The second kappa shape index (κ2) is 17.3. The number of nitriles is 2. The van der Waals surface area contributed by atoms with Crippen molar-refractivity contribution < 1.29 is 33.3 Å². The minimum Gasteiger partial charge on any atom is -0.494 e. The van der Waals surface area contributed by atoms with E-state index in [-0.39, 0.29) is 6.16 Å². The number of rotatable bonds is 10. The highest BCUT2D eigenvalue weighted by Gasteiger charge is 2.27. The van der Waals surface area contributed by atoms with Gasteiger partial charge in [0.2, 0.25) is 0 Å². The molecule has 282 valence electrons. The minimum atomic E-state index is -3.94. The first-order valence-corrected chi connectivity index (χ1v) is 21.9. The maximum Gasteiger partial charge on any atom is 0.325 e. The monoisotopic (exact) mass is 762 g/mol. The Morgan fingerprint density at radius 2 is 1.26 bits per heavy atom. The molecule has 2 saturated heterocycles. The highest BCUT2D eigenvalue weighted by Crippen LogP contribution is 2.42. The molecule has 2 aliphatic rings. The standard InChI is InChI=1S/C20H26N3O3P.C18H22N3O4P/c1-14-10-17-19(18(11-14)26-2)22-13-16(12-21)20(17)23-7-4-15(5-8-23)6-9-27(3,24)25;1-25-16-4-2-3-15-17(16)20-12-14(11-19)18(15)21-8-5-13(6-9-21)7-10-26(22,23)24/h10-11,13,15H,4-9H2,1-3H3,(H,24,25);2-4,12-13H,5-10H2,1H3,(H2,22,23,24). The van der Waals surface area contributed by atoms with Crippen LogP contribution in [0.25, 0.3) is 21.8 Å². The van der Waals surface area contributed by atoms with E-state index < -0.39 is 15.0 Å². The van der Waals surface area contributed by atoms with E-state index in [0.29, 0.717) is 47.0 Å². The molecule has 2 aromatic carbocycles. The average Bonchev–Trinajstić information content (AvgIpc) is 3.14. The van der Waals surface area contributed by atoms with Crippen LogP contribution in [0.3, 0.4) is 0 Å². The lowest BCUT2D eigenvalue weighted by Crippen LogP contribution is -2.34. The zero-order valence-electron chi connectivity index (χ0n) is 30.7. The van der Waals surface area contributed by atoms with Gasteiger partial charge in [-0.15, -0.1) is 0 Å². The van der Waals surface area contributed by atoms with Crippen molar-refractivity contribution in [2.75, 3.05) is 69.2 Å². The third kappa shape index (κ3) is 10.1. The zero-order valence-corrected chi connectivity index (χ0v) is 32.5. The fourth-order valence-electron chi connectivity index (χ4n) is 7.41. The van der Waals surface area contributed by atoms with Crippen molar-refractivity contribution >= 4 is 48.1 Å². The van der Waals surface area contributed by atoms with Gasteiger partial charge in [0.1, 0.15) is 34.7 Å². The summed E-state index contributed by atoms with van der Waals surface area (Å²) in [5.74, 6) is 2.14. The molecule has 3 N–H and O–H groups in total. The average molecular weight is 763 g/mol. The number of benzene rings is 2. The molecule has 6 rings (SSSR count). The smallest absolute Gasteiger partial charge is 0.325 e. The first-order chi connectivity index (χ1) is 25.2. The number of aromatic nitrogens is 2. The number of hydrogen-bond donors (Lipinski definition) is 3. The Morgan fingerprint density at radius 3 is 1.74 bits per heavy atom. The van der Waals surface area contributed by atoms with Gasteiger partial charge in [-0.1, -0.05) is 12.1 Å². The van der Waals surface area contributed by atoms with Crippen molar-refractivity contribution in [3.63, 3.8) is 0 Å². The van der Waals surface area contributed by atoms with Crippen molar-refractivity contribution in [2.24, 2.45) is 11.8 Å². The Balaban J connectivity index is 0.000000204. The molecule has 0 aliphatic carbocycles. The normalized spacial score (nSPS) is 16.7. The van der Waals surface area contributed by atoms with Gasteiger partial charge in [0.05, 0.1) is 42.9 Å². The molecule has 0 radical (unpaired) electrons. The number of anilines is 2. The lowest BCUT2D eigenvalue weighted by Gasteiger charge is -2.35.